The molecule has 1 N–H and O–H groups in total. The zero-order valence-electron chi connectivity index (χ0n) is 17.2. The molecule has 0 fully saturated rings. The van der Waals surface area contributed by atoms with E-state index < -0.39 is 0 Å². The molecule has 0 atom stereocenters. The highest BCUT2D eigenvalue weighted by atomic mass is 127. The van der Waals surface area contributed by atoms with E-state index in [-0.39, 0.29) is 24.0 Å². The van der Waals surface area contributed by atoms with Crippen LogP contribution >= 0.6 is 0 Å². The Balaban J connectivity index is 0.00000280. The number of unbranched alkanes of at least 4 members (excludes halogenated alkanes) is 1. The molecule has 2 aromatic carbocycles. The van der Waals surface area contributed by atoms with Gasteiger partial charge in [-0.3, -0.25) is 0 Å². The number of nitrogens with zero attached hydrogens (tertiary/aromatic N) is 2. The van der Waals surface area contributed by atoms with Crippen molar-refractivity contribution in [1.82, 2.24) is 0 Å². The highest BCUT2D eigenvalue weighted by Crippen LogP contribution is 2.23. The summed E-state index contributed by atoms with van der Waals surface area (Å²) in [5, 5.41) is 4.89. The molecule has 0 aliphatic carbocycles. The summed E-state index contributed by atoms with van der Waals surface area (Å²) in [5.41, 5.74) is 6.05. The van der Waals surface area contributed by atoms with Crippen molar-refractivity contribution in [2.24, 2.45) is 7.05 Å². The maximum absolute atomic E-state index is 3.62. The molecule has 0 saturated heterocycles. The summed E-state index contributed by atoms with van der Waals surface area (Å²) in [5.74, 6) is 0. The minimum Gasteiger partial charge on any atom is -1.00 e. The first-order valence-electron chi connectivity index (χ1n) is 9.71. The number of rotatable bonds is 7. The number of anilines is 2. The number of hydrogen-bond acceptors (Lipinski definition) is 2. The Labute approximate surface area is 186 Å². The van der Waals surface area contributed by atoms with Gasteiger partial charge in [0.1, 0.15) is 7.05 Å². The van der Waals surface area contributed by atoms with Gasteiger partial charge in [0.15, 0.2) is 0 Å². The van der Waals surface area contributed by atoms with Crippen molar-refractivity contribution >= 4 is 34.4 Å². The first kappa shape index (κ1) is 22.2. The molecule has 0 aliphatic heterocycles. The minimum atomic E-state index is 0. The maximum Gasteiger partial charge on any atom is 0.214 e. The maximum atomic E-state index is 3.62. The van der Waals surface area contributed by atoms with E-state index in [0.717, 1.165) is 6.54 Å². The first-order valence-corrected chi connectivity index (χ1v) is 9.71. The van der Waals surface area contributed by atoms with Crippen molar-refractivity contribution in [3.8, 4) is 0 Å². The van der Waals surface area contributed by atoms with Crippen LogP contribution in [0.15, 0.2) is 54.6 Å². The average Bonchev–Trinajstić information content (AvgIpc) is 2.69. The third-order valence-electron chi connectivity index (χ3n) is 4.94. The lowest BCUT2D eigenvalue weighted by Gasteiger charge is -2.12. The fraction of sp³-hybridized carbons (Fsp3) is 0.292. The highest BCUT2D eigenvalue weighted by molar-refractivity contribution is 5.90. The molecule has 3 rings (SSSR count). The van der Waals surface area contributed by atoms with Crippen LogP contribution in [0.25, 0.3) is 23.1 Å². The Bertz CT molecular complexity index is 930. The van der Waals surface area contributed by atoms with Crippen LogP contribution in [0, 0.1) is 0 Å². The van der Waals surface area contributed by atoms with Crippen LogP contribution in [-0.4, -0.2) is 20.6 Å². The van der Waals surface area contributed by atoms with E-state index in [9.17, 15) is 0 Å². The number of aryl methyl sites for hydroxylation is 1. The van der Waals surface area contributed by atoms with Gasteiger partial charge in [-0.2, -0.15) is 4.57 Å². The molecule has 1 aromatic heterocycles. The van der Waals surface area contributed by atoms with E-state index >= 15 is 0 Å². The fourth-order valence-electron chi connectivity index (χ4n) is 3.23. The molecule has 0 aliphatic rings. The Morgan fingerprint density at radius 2 is 1.71 bits per heavy atom. The zero-order valence-corrected chi connectivity index (χ0v) is 19.4. The van der Waals surface area contributed by atoms with E-state index in [4.69, 9.17) is 0 Å². The van der Waals surface area contributed by atoms with Crippen molar-refractivity contribution in [3.05, 3.63) is 65.9 Å². The van der Waals surface area contributed by atoms with E-state index in [1.54, 1.807) is 0 Å². The summed E-state index contributed by atoms with van der Waals surface area (Å²) in [6.07, 6.45) is 6.75. The van der Waals surface area contributed by atoms with Crippen LogP contribution in [0.3, 0.4) is 0 Å². The van der Waals surface area contributed by atoms with Crippen LogP contribution in [0.2, 0.25) is 0 Å². The number of nitrogens with one attached hydrogen (secondary N) is 1. The van der Waals surface area contributed by atoms with E-state index in [2.05, 4.69) is 110 Å². The van der Waals surface area contributed by atoms with E-state index in [1.807, 2.05) is 0 Å². The predicted molar refractivity (Wildman–Crippen MR) is 118 cm³/mol. The number of pyridine rings is 1. The van der Waals surface area contributed by atoms with E-state index in [1.165, 1.54) is 46.4 Å². The lowest BCUT2D eigenvalue weighted by molar-refractivity contribution is -0.646. The van der Waals surface area contributed by atoms with Gasteiger partial charge in [-0.25, -0.2) is 0 Å². The number of fused-ring (bicyclic) bond motifs is 1. The third-order valence-corrected chi connectivity index (χ3v) is 4.94. The van der Waals surface area contributed by atoms with Crippen LogP contribution in [0.1, 0.15) is 31.0 Å². The largest absolute Gasteiger partial charge is 1.00 e. The van der Waals surface area contributed by atoms with Gasteiger partial charge in [0.2, 0.25) is 11.2 Å². The van der Waals surface area contributed by atoms with Gasteiger partial charge >= 0.3 is 0 Å². The molecule has 4 heteroatoms. The molecular formula is C24H30IN3. The molecule has 3 aromatic rings. The lowest BCUT2D eigenvalue weighted by atomic mass is 10.1. The molecule has 3 nitrogen and oxygen atoms in total. The van der Waals surface area contributed by atoms with Crippen molar-refractivity contribution in [1.29, 1.82) is 0 Å². The highest BCUT2D eigenvalue weighted by Gasteiger charge is 2.14. The molecule has 0 spiro atoms. The molecule has 0 amide bonds. The standard InChI is InChI=1S/C24H29N3.HI/c1-5-6-17-25-23-18-21(27(4)24-10-8-7-9-22(23)24)16-13-19-11-14-20(15-12-19)26(2)3;/h7-16,18H,5-6,17H2,1-4H3;1H/b16-13+;. The third kappa shape index (κ3) is 5.25. The molecule has 0 saturated carbocycles. The van der Waals surface area contributed by atoms with Gasteiger partial charge in [-0.15, -0.1) is 0 Å². The van der Waals surface area contributed by atoms with Crippen molar-refractivity contribution in [2.75, 3.05) is 30.9 Å². The second kappa shape index (κ2) is 10.5. The summed E-state index contributed by atoms with van der Waals surface area (Å²) < 4.78 is 2.25. The van der Waals surface area contributed by atoms with Crippen LogP contribution in [0.4, 0.5) is 11.4 Å². The predicted octanol–water partition coefficient (Wildman–Crippen LogP) is 2.12. The van der Waals surface area contributed by atoms with E-state index in [0.29, 0.717) is 0 Å². The first-order chi connectivity index (χ1) is 13.1. The molecular weight excluding hydrogens is 457 g/mol. The van der Waals surface area contributed by atoms with Gasteiger partial charge in [0.25, 0.3) is 0 Å². The van der Waals surface area contributed by atoms with Crippen molar-refractivity contribution < 1.29 is 28.5 Å². The smallest absolute Gasteiger partial charge is 0.214 e. The Morgan fingerprint density at radius 3 is 2.39 bits per heavy atom. The van der Waals surface area contributed by atoms with Gasteiger partial charge < -0.3 is 34.2 Å². The molecule has 1 heterocycles. The summed E-state index contributed by atoms with van der Waals surface area (Å²) in [6, 6.07) is 19.5. The van der Waals surface area contributed by atoms with Gasteiger partial charge in [-0.1, -0.05) is 37.6 Å². The number of benzene rings is 2. The quantitative estimate of drug-likeness (QED) is 0.313. The lowest BCUT2D eigenvalue weighted by Crippen LogP contribution is -3.00. The second-order valence-electron chi connectivity index (χ2n) is 7.16. The van der Waals surface area contributed by atoms with Crippen LogP contribution in [-0.2, 0) is 7.05 Å². The average molecular weight is 487 g/mol. The zero-order chi connectivity index (χ0) is 19.2. The normalized spacial score (nSPS) is 10.9. The summed E-state index contributed by atoms with van der Waals surface area (Å²) >= 11 is 0. The molecule has 0 unspecified atom stereocenters. The SMILES string of the molecule is CCCCNc1cc(/C=C/c2ccc(N(C)C)cc2)[n+](C)c2ccccc12.[I-]. The summed E-state index contributed by atoms with van der Waals surface area (Å²) in [4.78, 5) is 2.12. The number of aromatic nitrogens is 1. The van der Waals surface area contributed by atoms with Gasteiger partial charge in [0.05, 0.1) is 11.1 Å². The monoisotopic (exact) mass is 487 g/mol. The Hall–Kier alpha value is -2.08. The topological polar surface area (TPSA) is 19.1 Å². The summed E-state index contributed by atoms with van der Waals surface area (Å²) in [7, 11) is 6.26. The van der Waals surface area contributed by atoms with Crippen molar-refractivity contribution in [3.63, 3.8) is 0 Å². The van der Waals surface area contributed by atoms with Gasteiger partial charge in [0, 0.05) is 44.5 Å². The molecule has 0 bridgehead atoms. The molecule has 0 radical (unpaired) electrons. The van der Waals surface area contributed by atoms with Crippen LogP contribution in [0.5, 0.6) is 0 Å². The second-order valence-corrected chi connectivity index (χ2v) is 7.16. The Kier molecular flexibility index (Phi) is 8.30. The summed E-state index contributed by atoms with van der Waals surface area (Å²) in [6.45, 7) is 3.23. The number of para-hydroxylation sites is 1. The molecule has 148 valence electrons. The van der Waals surface area contributed by atoms with Crippen molar-refractivity contribution in [2.45, 2.75) is 19.8 Å². The number of hydrogen-bond donors (Lipinski definition) is 1. The van der Waals surface area contributed by atoms with Gasteiger partial charge in [-0.05, 0) is 36.3 Å². The Morgan fingerprint density at radius 1 is 1.00 bits per heavy atom. The number of halogens is 1. The van der Waals surface area contributed by atoms with Crippen LogP contribution < -0.4 is 38.8 Å². The molecule has 28 heavy (non-hydrogen) atoms. The fourth-order valence-corrected chi connectivity index (χ4v) is 3.23. The minimum absolute atomic E-state index is 0.